The Kier molecular flexibility index (Phi) is 6.09. The molecule has 0 radical (unpaired) electrons. The quantitative estimate of drug-likeness (QED) is 0.799. The molecule has 158 valence electrons. The first-order valence-electron chi connectivity index (χ1n) is 11.1. The van der Waals surface area contributed by atoms with Crippen molar-refractivity contribution in [2.45, 2.75) is 57.5 Å². The Morgan fingerprint density at radius 3 is 2.17 bits per heavy atom. The first-order chi connectivity index (χ1) is 14.0. The van der Waals surface area contributed by atoms with Gasteiger partial charge < -0.3 is 15.3 Å². The molecule has 6 nitrogen and oxygen atoms in total. The van der Waals surface area contributed by atoms with Crippen molar-refractivity contribution < 1.29 is 14.7 Å². The monoisotopic (exact) mass is 399 g/mol. The molecule has 0 spiro atoms. The number of likely N-dealkylation sites (N-methyl/N-ethyl adjacent to an activating group) is 1. The number of urea groups is 1. The number of nitrogens with one attached hydrogen (secondary N) is 1. The van der Waals surface area contributed by atoms with Crippen molar-refractivity contribution in [3.8, 4) is 0 Å². The summed E-state index contributed by atoms with van der Waals surface area (Å²) in [5.41, 5.74) is 2.91. The topological polar surface area (TPSA) is 72.9 Å². The van der Waals surface area contributed by atoms with Gasteiger partial charge in [0.15, 0.2) is 0 Å². The molecule has 2 N–H and O–H groups in total. The van der Waals surface area contributed by atoms with Crippen LogP contribution in [0.15, 0.2) is 24.3 Å². The second-order valence-corrected chi connectivity index (χ2v) is 8.92. The number of nitrogens with zero attached hydrogens (tertiary/aromatic N) is 2. The highest BCUT2D eigenvalue weighted by atomic mass is 16.4. The van der Waals surface area contributed by atoms with Crippen LogP contribution in [0.5, 0.6) is 0 Å². The first kappa shape index (κ1) is 20.2. The number of hydrogen-bond acceptors (Lipinski definition) is 3. The Bertz CT molecular complexity index is 712. The van der Waals surface area contributed by atoms with E-state index in [9.17, 15) is 9.59 Å². The summed E-state index contributed by atoms with van der Waals surface area (Å²) >= 11 is 0. The van der Waals surface area contributed by atoms with Crippen LogP contribution in [-0.4, -0.2) is 65.2 Å². The fourth-order valence-electron chi connectivity index (χ4n) is 5.73. The van der Waals surface area contributed by atoms with Gasteiger partial charge in [-0.15, -0.1) is 0 Å². The lowest BCUT2D eigenvalue weighted by Crippen LogP contribution is -2.53. The van der Waals surface area contributed by atoms with Crippen LogP contribution < -0.4 is 5.32 Å². The van der Waals surface area contributed by atoms with E-state index in [2.05, 4.69) is 29.6 Å². The summed E-state index contributed by atoms with van der Waals surface area (Å²) in [7, 11) is 0. The summed E-state index contributed by atoms with van der Waals surface area (Å²) in [5, 5.41) is 12.5. The number of piperidine rings is 1. The van der Waals surface area contributed by atoms with E-state index >= 15 is 0 Å². The van der Waals surface area contributed by atoms with Gasteiger partial charge in [-0.2, -0.15) is 0 Å². The summed E-state index contributed by atoms with van der Waals surface area (Å²) in [6.45, 7) is 4.22. The molecule has 1 aromatic carbocycles. The Morgan fingerprint density at radius 2 is 1.66 bits per heavy atom. The number of rotatable bonds is 5. The number of carboxylic acids is 1. The number of fused-ring (bicyclic) bond motifs is 3. The van der Waals surface area contributed by atoms with Crippen LogP contribution in [-0.2, 0) is 17.6 Å². The normalized spacial score (nSPS) is 26.8. The van der Waals surface area contributed by atoms with E-state index in [-0.39, 0.29) is 24.7 Å². The van der Waals surface area contributed by atoms with Crippen LogP contribution in [0.1, 0.15) is 43.7 Å². The predicted octanol–water partition coefficient (Wildman–Crippen LogP) is 2.76. The van der Waals surface area contributed by atoms with E-state index in [0.717, 1.165) is 32.2 Å². The van der Waals surface area contributed by atoms with Crippen molar-refractivity contribution in [3.05, 3.63) is 35.4 Å². The van der Waals surface area contributed by atoms with Gasteiger partial charge in [-0.1, -0.05) is 31.2 Å². The number of benzene rings is 1. The average molecular weight is 400 g/mol. The zero-order chi connectivity index (χ0) is 20.4. The summed E-state index contributed by atoms with van der Waals surface area (Å²) in [6, 6.07) is 9.33. The number of likely N-dealkylation sites (tertiary alicyclic amines) is 1. The highest BCUT2D eigenvalue weighted by molar-refractivity contribution is 5.75. The molecule has 2 fully saturated rings. The SMILES string of the molecule is CCN(CC(=O)O)C1CCN(C(=O)NC2C3CCC2Cc2ccccc2C3)CC1. The highest BCUT2D eigenvalue weighted by Gasteiger charge is 2.40. The van der Waals surface area contributed by atoms with Gasteiger partial charge in [-0.05, 0) is 68.0 Å². The number of carboxylic acid groups (broad SMARTS) is 1. The highest BCUT2D eigenvalue weighted by Crippen LogP contribution is 2.40. The van der Waals surface area contributed by atoms with Crippen molar-refractivity contribution in [2.75, 3.05) is 26.2 Å². The van der Waals surface area contributed by atoms with Crippen LogP contribution in [0.25, 0.3) is 0 Å². The standard InChI is InChI=1S/C23H33N3O3/c1-2-25(15-21(27)28)20-9-11-26(12-10-20)23(29)24-22-18-7-8-19(22)14-17-6-4-3-5-16(17)13-18/h3-6,18-20,22H,2,7-15H2,1H3,(H,24,29)(H,27,28). The molecule has 1 saturated carbocycles. The van der Waals surface area contributed by atoms with Gasteiger partial charge in [0, 0.05) is 25.2 Å². The van der Waals surface area contributed by atoms with E-state index in [1.165, 1.54) is 24.0 Å². The number of hydrogen-bond donors (Lipinski definition) is 2. The molecule has 1 saturated heterocycles. The summed E-state index contributed by atoms with van der Waals surface area (Å²) in [6.07, 6.45) is 6.23. The summed E-state index contributed by atoms with van der Waals surface area (Å²) in [4.78, 5) is 28.0. The number of carbonyl (C=O) groups is 2. The van der Waals surface area contributed by atoms with Crippen molar-refractivity contribution in [3.63, 3.8) is 0 Å². The Morgan fingerprint density at radius 1 is 1.07 bits per heavy atom. The van der Waals surface area contributed by atoms with Gasteiger partial charge in [0.2, 0.25) is 0 Å². The summed E-state index contributed by atoms with van der Waals surface area (Å²) in [5.74, 6) is 0.296. The van der Waals surface area contributed by atoms with Crippen molar-refractivity contribution in [1.82, 2.24) is 15.1 Å². The minimum Gasteiger partial charge on any atom is -0.480 e. The van der Waals surface area contributed by atoms with Gasteiger partial charge in [0.25, 0.3) is 0 Å². The Hall–Kier alpha value is -2.08. The van der Waals surface area contributed by atoms with E-state index < -0.39 is 5.97 Å². The molecule has 2 atom stereocenters. The van der Waals surface area contributed by atoms with E-state index in [0.29, 0.717) is 24.9 Å². The van der Waals surface area contributed by atoms with Crippen molar-refractivity contribution in [1.29, 1.82) is 0 Å². The minimum absolute atomic E-state index is 0.0672. The van der Waals surface area contributed by atoms with Crippen LogP contribution in [0.2, 0.25) is 0 Å². The second kappa shape index (κ2) is 8.74. The maximum Gasteiger partial charge on any atom is 0.317 e. The molecule has 6 heteroatoms. The Labute approximate surface area is 173 Å². The first-order valence-corrected chi connectivity index (χ1v) is 11.1. The molecule has 29 heavy (non-hydrogen) atoms. The third-order valence-corrected chi connectivity index (χ3v) is 7.31. The number of aliphatic carboxylic acids is 1. The third-order valence-electron chi connectivity index (χ3n) is 7.31. The largest absolute Gasteiger partial charge is 0.480 e. The molecule has 1 aliphatic heterocycles. The number of amides is 2. The van der Waals surface area contributed by atoms with Gasteiger partial charge in [-0.3, -0.25) is 9.69 Å². The second-order valence-electron chi connectivity index (χ2n) is 8.92. The van der Waals surface area contributed by atoms with E-state index in [4.69, 9.17) is 5.11 Å². The third kappa shape index (κ3) is 4.42. The van der Waals surface area contributed by atoms with Gasteiger partial charge in [0.1, 0.15) is 0 Å². The molecular weight excluding hydrogens is 366 g/mol. The zero-order valence-corrected chi connectivity index (χ0v) is 17.3. The zero-order valence-electron chi connectivity index (χ0n) is 17.3. The van der Waals surface area contributed by atoms with Crippen molar-refractivity contribution in [2.24, 2.45) is 11.8 Å². The molecule has 2 unspecified atom stereocenters. The molecule has 1 aromatic rings. The molecule has 4 rings (SSSR count). The maximum atomic E-state index is 13.0. The van der Waals surface area contributed by atoms with Crippen molar-refractivity contribution >= 4 is 12.0 Å². The van der Waals surface area contributed by atoms with Crippen LogP contribution in [0, 0.1) is 11.8 Å². The minimum atomic E-state index is -0.781. The predicted molar refractivity (Wildman–Crippen MR) is 112 cm³/mol. The molecule has 3 aliphatic rings. The lowest BCUT2D eigenvalue weighted by Gasteiger charge is -2.38. The van der Waals surface area contributed by atoms with E-state index in [1.54, 1.807) is 0 Å². The number of carbonyl (C=O) groups excluding carboxylic acids is 1. The molecule has 0 aromatic heterocycles. The fraction of sp³-hybridized carbons (Fsp3) is 0.652. The van der Waals surface area contributed by atoms with Gasteiger partial charge in [0.05, 0.1) is 6.54 Å². The van der Waals surface area contributed by atoms with Crippen LogP contribution in [0.3, 0.4) is 0 Å². The summed E-state index contributed by atoms with van der Waals surface area (Å²) < 4.78 is 0. The fourth-order valence-corrected chi connectivity index (χ4v) is 5.73. The van der Waals surface area contributed by atoms with Gasteiger partial charge >= 0.3 is 12.0 Å². The van der Waals surface area contributed by atoms with Crippen LogP contribution in [0.4, 0.5) is 4.79 Å². The van der Waals surface area contributed by atoms with Gasteiger partial charge in [-0.25, -0.2) is 4.79 Å². The lowest BCUT2D eigenvalue weighted by molar-refractivity contribution is -0.139. The molecule has 2 amide bonds. The molecular formula is C23H33N3O3. The lowest BCUT2D eigenvalue weighted by atomic mass is 9.94. The molecule has 2 bridgehead atoms. The molecule has 1 heterocycles. The van der Waals surface area contributed by atoms with E-state index in [1.807, 2.05) is 16.7 Å². The van der Waals surface area contributed by atoms with Crippen LogP contribution >= 0.6 is 0 Å². The average Bonchev–Trinajstić information content (AvgIpc) is 2.99. The molecule has 2 aliphatic carbocycles. The maximum absolute atomic E-state index is 13.0. The smallest absolute Gasteiger partial charge is 0.317 e. The Balaban J connectivity index is 1.33.